The molecular weight excluding hydrogens is 382 g/mol. The van der Waals surface area contributed by atoms with E-state index in [1.54, 1.807) is 23.0 Å². The summed E-state index contributed by atoms with van der Waals surface area (Å²) in [7, 11) is -3.65. The van der Waals surface area contributed by atoms with Crippen molar-refractivity contribution in [3.05, 3.63) is 77.1 Å². The molecule has 27 heavy (non-hydrogen) atoms. The van der Waals surface area contributed by atoms with Gasteiger partial charge in [-0.15, -0.1) is 0 Å². The van der Waals surface area contributed by atoms with Gasteiger partial charge in [0, 0.05) is 11.2 Å². The van der Waals surface area contributed by atoms with Gasteiger partial charge in [0.1, 0.15) is 0 Å². The van der Waals surface area contributed by atoms with Crippen LogP contribution in [0.5, 0.6) is 0 Å². The molecule has 1 N–H and O–H groups in total. The molecule has 3 rings (SSSR count). The summed E-state index contributed by atoms with van der Waals surface area (Å²) >= 11 is 5.89. The minimum atomic E-state index is -3.65. The van der Waals surface area contributed by atoms with E-state index in [-0.39, 0.29) is 4.90 Å². The van der Waals surface area contributed by atoms with Crippen molar-refractivity contribution >= 4 is 27.3 Å². The van der Waals surface area contributed by atoms with E-state index < -0.39 is 10.0 Å². The van der Waals surface area contributed by atoms with Crippen molar-refractivity contribution in [2.75, 3.05) is 4.72 Å². The topological polar surface area (TPSA) is 64.0 Å². The van der Waals surface area contributed by atoms with Gasteiger partial charge in [0.15, 0.2) is 0 Å². The number of anilines is 1. The van der Waals surface area contributed by atoms with Crippen molar-refractivity contribution < 1.29 is 8.42 Å². The average Bonchev–Trinajstić information content (AvgIpc) is 3.09. The fraction of sp³-hybridized carbons (Fsp3) is 0.250. The molecule has 0 radical (unpaired) electrons. The molecule has 0 unspecified atom stereocenters. The van der Waals surface area contributed by atoms with Crippen LogP contribution in [-0.4, -0.2) is 18.2 Å². The maximum Gasteiger partial charge on any atom is 0.261 e. The molecule has 0 aliphatic heterocycles. The SMILES string of the molecule is CC[C@H](C)c1ccc(S(=O)(=O)Nc2cnn(Cc3ccc(Cl)cc3)c2)cc1. The van der Waals surface area contributed by atoms with Crippen LogP contribution in [0, 0.1) is 0 Å². The van der Waals surface area contributed by atoms with E-state index >= 15 is 0 Å². The lowest BCUT2D eigenvalue weighted by molar-refractivity contribution is 0.601. The van der Waals surface area contributed by atoms with Crippen molar-refractivity contribution in [2.24, 2.45) is 0 Å². The number of hydrogen-bond donors (Lipinski definition) is 1. The summed E-state index contributed by atoms with van der Waals surface area (Å²) in [6.45, 7) is 4.76. The van der Waals surface area contributed by atoms with E-state index in [2.05, 4.69) is 23.7 Å². The summed E-state index contributed by atoms with van der Waals surface area (Å²) in [6.07, 6.45) is 4.18. The number of aromatic nitrogens is 2. The second-order valence-electron chi connectivity index (χ2n) is 6.54. The molecule has 0 fully saturated rings. The van der Waals surface area contributed by atoms with E-state index in [1.165, 1.54) is 6.20 Å². The van der Waals surface area contributed by atoms with Gasteiger partial charge in [0.25, 0.3) is 10.0 Å². The maximum absolute atomic E-state index is 12.6. The van der Waals surface area contributed by atoms with Gasteiger partial charge in [0.05, 0.1) is 23.3 Å². The monoisotopic (exact) mass is 403 g/mol. The van der Waals surface area contributed by atoms with Crippen molar-refractivity contribution in [1.29, 1.82) is 0 Å². The third-order valence-corrected chi connectivity index (χ3v) is 6.16. The number of sulfonamides is 1. The molecule has 3 aromatic rings. The van der Waals surface area contributed by atoms with Crippen LogP contribution in [0.4, 0.5) is 5.69 Å². The Morgan fingerprint density at radius 3 is 2.41 bits per heavy atom. The van der Waals surface area contributed by atoms with E-state index in [1.807, 2.05) is 36.4 Å². The first-order valence-electron chi connectivity index (χ1n) is 8.77. The Labute approximate surface area is 165 Å². The smallest absolute Gasteiger partial charge is 0.261 e. The Morgan fingerprint density at radius 1 is 1.11 bits per heavy atom. The third kappa shape index (κ3) is 4.90. The van der Waals surface area contributed by atoms with Gasteiger partial charge in [-0.1, -0.05) is 49.7 Å². The predicted octanol–water partition coefficient (Wildman–Crippen LogP) is 4.90. The predicted molar refractivity (Wildman–Crippen MR) is 109 cm³/mol. The number of benzene rings is 2. The number of nitrogens with zero attached hydrogens (tertiary/aromatic N) is 2. The summed E-state index contributed by atoms with van der Waals surface area (Å²) in [5.74, 6) is 0.404. The molecule has 142 valence electrons. The zero-order chi connectivity index (χ0) is 19.4. The minimum Gasteiger partial charge on any atom is -0.276 e. The maximum atomic E-state index is 12.6. The number of hydrogen-bond acceptors (Lipinski definition) is 3. The first kappa shape index (κ1) is 19.5. The third-order valence-electron chi connectivity index (χ3n) is 4.52. The Kier molecular flexibility index (Phi) is 5.87. The molecule has 1 atom stereocenters. The lowest BCUT2D eigenvalue weighted by atomic mass is 9.99. The standard InChI is InChI=1S/C20H22ClN3O2S/c1-3-15(2)17-6-10-20(11-7-17)27(25,26)23-19-12-22-24(14-19)13-16-4-8-18(21)9-5-16/h4-12,14-15,23H,3,13H2,1-2H3/t15-/m0/s1. The quantitative estimate of drug-likeness (QED) is 0.610. The zero-order valence-electron chi connectivity index (χ0n) is 15.3. The fourth-order valence-electron chi connectivity index (χ4n) is 2.70. The van der Waals surface area contributed by atoms with E-state index in [4.69, 9.17) is 11.6 Å². The van der Waals surface area contributed by atoms with Gasteiger partial charge in [-0.25, -0.2) is 8.42 Å². The van der Waals surface area contributed by atoms with Crippen LogP contribution < -0.4 is 4.72 Å². The number of rotatable bonds is 7. The summed E-state index contributed by atoms with van der Waals surface area (Å²) < 4.78 is 29.4. The highest BCUT2D eigenvalue weighted by atomic mass is 35.5. The van der Waals surface area contributed by atoms with Crippen molar-refractivity contribution in [1.82, 2.24) is 9.78 Å². The molecule has 1 aromatic heterocycles. The highest BCUT2D eigenvalue weighted by Gasteiger charge is 2.16. The Balaban J connectivity index is 1.70. The number of nitrogens with one attached hydrogen (secondary N) is 1. The Morgan fingerprint density at radius 2 is 1.78 bits per heavy atom. The van der Waals surface area contributed by atoms with Gasteiger partial charge in [-0.2, -0.15) is 5.10 Å². The van der Waals surface area contributed by atoms with Gasteiger partial charge >= 0.3 is 0 Å². The lowest BCUT2D eigenvalue weighted by Crippen LogP contribution is -2.12. The lowest BCUT2D eigenvalue weighted by Gasteiger charge is -2.10. The molecule has 0 aliphatic rings. The van der Waals surface area contributed by atoms with Crippen molar-refractivity contribution in [3.8, 4) is 0 Å². The van der Waals surface area contributed by atoms with Crippen LogP contribution in [0.15, 0.2) is 65.8 Å². The Hall–Kier alpha value is -2.31. The second kappa shape index (κ2) is 8.15. The molecule has 5 nitrogen and oxygen atoms in total. The highest BCUT2D eigenvalue weighted by molar-refractivity contribution is 7.92. The van der Waals surface area contributed by atoms with E-state index in [0.717, 1.165) is 17.5 Å². The molecule has 0 amide bonds. The van der Waals surface area contributed by atoms with Gasteiger partial charge in [0.2, 0.25) is 0 Å². The minimum absolute atomic E-state index is 0.236. The van der Waals surface area contributed by atoms with Gasteiger partial charge < -0.3 is 0 Å². The molecule has 1 heterocycles. The fourth-order valence-corrected chi connectivity index (χ4v) is 3.86. The van der Waals surface area contributed by atoms with Crippen LogP contribution in [0.25, 0.3) is 0 Å². The van der Waals surface area contributed by atoms with Crippen molar-refractivity contribution in [2.45, 2.75) is 37.6 Å². The van der Waals surface area contributed by atoms with Crippen LogP contribution in [0.1, 0.15) is 37.3 Å². The molecule has 0 spiro atoms. The number of halogens is 1. The normalized spacial score (nSPS) is 12.7. The van der Waals surface area contributed by atoms with Crippen LogP contribution in [0.3, 0.4) is 0 Å². The van der Waals surface area contributed by atoms with Crippen LogP contribution in [0.2, 0.25) is 5.02 Å². The Bertz CT molecular complexity index is 996. The average molecular weight is 404 g/mol. The van der Waals surface area contributed by atoms with Gasteiger partial charge in [-0.05, 0) is 47.7 Å². The first-order valence-corrected chi connectivity index (χ1v) is 10.6. The summed E-state index contributed by atoms with van der Waals surface area (Å²) in [4.78, 5) is 0.236. The molecule has 0 aliphatic carbocycles. The first-order chi connectivity index (χ1) is 12.9. The van der Waals surface area contributed by atoms with E-state index in [9.17, 15) is 8.42 Å². The van der Waals surface area contributed by atoms with Crippen molar-refractivity contribution in [3.63, 3.8) is 0 Å². The zero-order valence-corrected chi connectivity index (χ0v) is 16.8. The van der Waals surface area contributed by atoms with Gasteiger partial charge in [-0.3, -0.25) is 9.40 Å². The molecule has 0 bridgehead atoms. The molecular formula is C20H22ClN3O2S. The summed E-state index contributed by atoms with van der Waals surface area (Å²) in [5, 5.41) is 4.89. The molecule has 0 saturated heterocycles. The summed E-state index contributed by atoms with van der Waals surface area (Å²) in [6, 6.07) is 14.5. The highest BCUT2D eigenvalue weighted by Crippen LogP contribution is 2.22. The van der Waals surface area contributed by atoms with Crippen LogP contribution >= 0.6 is 11.6 Å². The molecule has 2 aromatic carbocycles. The largest absolute Gasteiger partial charge is 0.276 e. The summed E-state index contributed by atoms with van der Waals surface area (Å²) in [5.41, 5.74) is 2.58. The van der Waals surface area contributed by atoms with E-state index in [0.29, 0.717) is 23.2 Å². The van der Waals surface area contributed by atoms with Crippen LogP contribution in [-0.2, 0) is 16.6 Å². The second-order valence-corrected chi connectivity index (χ2v) is 8.66. The molecule has 0 saturated carbocycles. The molecule has 7 heteroatoms.